The fourth-order valence-corrected chi connectivity index (χ4v) is 1.73. The second-order valence-corrected chi connectivity index (χ2v) is 4.41. The van der Waals surface area contributed by atoms with Crippen molar-refractivity contribution in [1.82, 2.24) is 0 Å². The lowest BCUT2D eigenvalue weighted by molar-refractivity contribution is 0.354. The van der Waals surface area contributed by atoms with E-state index in [2.05, 4.69) is 16.8 Å². The molecular formula is C13H17N3O2S. The van der Waals surface area contributed by atoms with Crippen molar-refractivity contribution in [1.29, 1.82) is 0 Å². The number of methoxy groups -OCH3 is 2. The van der Waals surface area contributed by atoms with E-state index in [0.717, 1.165) is 5.56 Å². The van der Waals surface area contributed by atoms with Crippen molar-refractivity contribution in [2.24, 2.45) is 15.9 Å². The van der Waals surface area contributed by atoms with Gasteiger partial charge in [0.05, 0.1) is 20.4 Å². The number of amidine groups is 1. The smallest absolute Gasteiger partial charge is 0.180 e. The average Bonchev–Trinajstić information content (AvgIpc) is 2.44. The van der Waals surface area contributed by atoms with Crippen LogP contribution in [-0.2, 0) is 0 Å². The minimum atomic E-state index is 0.387. The van der Waals surface area contributed by atoms with Crippen molar-refractivity contribution < 1.29 is 9.47 Å². The van der Waals surface area contributed by atoms with Crippen LogP contribution in [-0.4, -0.2) is 31.4 Å². The third kappa shape index (κ3) is 4.67. The summed E-state index contributed by atoms with van der Waals surface area (Å²) >= 11 is 1.37. The molecule has 0 saturated carbocycles. The third-order valence-corrected chi connectivity index (χ3v) is 2.92. The molecule has 0 aliphatic rings. The predicted octanol–water partition coefficient (Wildman–Crippen LogP) is 2.27. The van der Waals surface area contributed by atoms with Gasteiger partial charge < -0.3 is 15.2 Å². The highest BCUT2D eigenvalue weighted by Gasteiger charge is 2.06. The molecule has 0 atom stereocenters. The van der Waals surface area contributed by atoms with Gasteiger partial charge in [-0.3, -0.25) is 0 Å². The number of hydrogen-bond acceptors (Lipinski definition) is 5. The number of nitrogens with two attached hydrogens (primary N) is 1. The predicted molar refractivity (Wildman–Crippen MR) is 81.4 cm³/mol. The maximum atomic E-state index is 5.65. The molecule has 0 aliphatic heterocycles. The number of hydrogen-bond donors (Lipinski definition) is 1. The number of thioether (sulfide) groups is 1. The minimum absolute atomic E-state index is 0.387. The summed E-state index contributed by atoms with van der Waals surface area (Å²) in [4.78, 5) is 0. The molecule has 0 saturated heterocycles. The fraction of sp³-hybridized carbons (Fsp3) is 0.231. The Bertz CT molecular complexity index is 487. The normalized spacial score (nSPS) is 11.6. The van der Waals surface area contributed by atoms with Gasteiger partial charge in [0.15, 0.2) is 16.7 Å². The van der Waals surface area contributed by atoms with Crippen molar-refractivity contribution in [3.8, 4) is 11.5 Å². The average molecular weight is 279 g/mol. The SMILES string of the molecule is C=CCS/C(N)=N\N=C\c1cccc(OC)c1OC. The molecule has 19 heavy (non-hydrogen) atoms. The van der Waals surface area contributed by atoms with Crippen LogP contribution in [0.2, 0.25) is 0 Å². The largest absolute Gasteiger partial charge is 0.493 e. The van der Waals surface area contributed by atoms with Crippen molar-refractivity contribution in [3.63, 3.8) is 0 Å². The molecule has 0 fully saturated rings. The van der Waals surface area contributed by atoms with Crippen LogP contribution in [0.3, 0.4) is 0 Å². The van der Waals surface area contributed by atoms with E-state index >= 15 is 0 Å². The molecule has 0 radical (unpaired) electrons. The lowest BCUT2D eigenvalue weighted by Crippen LogP contribution is -2.05. The number of rotatable bonds is 6. The zero-order valence-electron chi connectivity index (χ0n) is 11.0. The van der Waals surface area contributed by atoms with Gasteiger partial charge in [0, 0.05) is 11.3 Å². The van der Waals surface area contributed by atoms with Gasteiger partial charge >= 0.3 is 0 Å². The molecule has 0 aliphatic carbocycles. The second kappa shape index (κ2) is 8.20. The molecule has 0 amide bonds. The topological polar surface area (TPSA) is 69.2 Å². The second-order valence-electron chi connectivity index (χ2n) is 3.37. The van der Waals surface area contributed by atoms with Crippen molar-refractivity contribution >= 4 is 23.1 Å². The fourth-order valence-electron chi connectivity index (χ4n) is 1.33. The van der Waals surface area contributed by atoms with E-state index in [1.54, 1.807) is 26.5 Å². The Balaban J connectivity index is 2.84. The van der Waals surface area contributed by atoms with Crippen molar-refractivity contribution in [3.05, 3.63) is 36.4 Å². The molecule has 102 valence electrons. The lowest BCUT2D eigenvalue weighted by atomic mass is 10.2. The molecule has 5 nitrogen and oxygen atoms in total. The Morgan fingerprint density at radius 3 is 2.84 bits per heavy atom. The van der Waals surface area contributed by atoms with Gasteiger partial charge in [-0.05, 0) is 12.1 Å². The van der Waals surface area contributed by atoms with Gasteiger partial charge in [-0.15, -0.1) is 11.7 Å². The van der Waals surface area contributed by atoms with Crippen LogP contribution in [0.1, 0.15) is 5.56 Å². The molecule has 6 heteroatoms. The first-order chi connectivity index (χ1) is 9.22. The van der Waals surface area contributed by atoms with Gasteiger partial charge in [-0.25, -0.2) is 0 Å². The van der Waals surface area contributed by atoms with E-state index in [9.17, 15) is 0 Å². The van der Waals surface area contributed by atoms with Gasteiger partial charge in [-0.2, -0.15) is 5.10 Å². The van der Waals surface area contributed by atoms with E-state index < -0.39 is 0 Å². The Kier molecular flexibility index (Phi) is 6.52. The Hall–Kier alpha value is -1.95. The highest BCUT2D eigenvalue weighted by atomic mass is 32.2. The first-order valence-corrected chi connectivity index (χ1v) is 6.52. The molecule has 0 unspecified atom stereocenters. The molecule has 1 aromatic carbocycles. The van der Waals surface area contributed by atoms with E-state index in [0.29, 0.717) is 22.4 Å². The molecule has 1 rings (SSSR count). The summed E-state index contributed by atoms with van der Waals surface area (Å²) in [6.45, 7) is 3.60. The zero-order chi connectivity index (χ0) is 14.1. The first kappa shape index (κ1) is 15.1. The van der Waals surface area contributed by atoms with Gasteiger partial charge in [0.25, 0.3) is 0 Å². The number of nitrogens with zero attached hydrogens (tertiary/aromatic N) is 2. The third-order valence-electron chi connectivity index (χ3n) is 2.14. The summed E-state index contributed by atoms with van der Waals surface area (Å²) in [7, 11) is 3.16. The van der Waals surface area contributed by atoms with E-state index in [1.807, 2.05) is 18.2 Å². The first-order valence-electron chi connectivity index (χ1n) is 5.54. The Morgan fingerprint density at radius 2 is 2.21 bits per heavy atom. The molecule has 0 bridgehead atoms. The van der Waals surface area contributed by atoms with Crippen LogP contribution in [0, 0.1) is 0 Å². The maximum Gasteiger partial charge on any atom is 0.180 e. The molecule has 0 aromatic heterocycles. The molecular weight excluding hydrogens is 262 g/mol. The summed E-state index contributed by atoms with van der Waals surface area (Å²) in [6.07, 6.45) is 3.32. The standard InChI is InChI=1S/C13H17N3O2S/c1-4-8-19-13(14)16-15-9-10-6-5-7-11(17-2)12(10)18-3/h4-7,9H,1,8H2,2-3H3,(H2,14,16)/b15-9+. The highest BCUT2D eigenvalue weighted by molar-refractivity contribution is 8.13. The molecule has 2 N–H and O–H groups in total. The molecule has 1 aromatic rings. The number of para-hydroxylation sites is 1. The van der Waals surface area contributed by atoms with Crippen LogP contribution in [0.15, 0.2) is 41.1 Å². The Labute approximate surface area is 117 Å². The zero-order valence-corrected chi connectivity index (χ0v) is 11.8. The van der Waals surface area contributed by atoms with Crippen molar-refractivity contribution in [2.75, 3.05) is 20.0 Å². The molecule has 0 spiro atoms. The maximum absolute atomic E-state index is 5.65. The lowest BCUT2D eigenvalue weighted by Gasteiger charge is -2.08. The van der Waals surface area contributed by atoms with Crippen LogP contribution in [0.25, 0.3) is 0 Å². The summed E-state index contributed by atoms with van der Waals surface area (Å²) < 4.78 is 10.5. The van der Waals surface area contributed by atoms with Crippen LogP contribution in [0.4, 0.5) is 0 Å². The van der Waals surface area contributed by atoms with E-state index in [1.165, 1.54) is 11.8 Å². The summed E-state index contributed by atoms with van der Waals surface area (Å²) in [5.74, 6) is 1.96. The van der Waals surface area contributed by atoms with Gasteiger partial charge in [0.1, 0.15) is 0 Å². The minimum Gasteiger partial charge on any atom is -0.493 e. The molecule has 0 heterocycles. The van der Waals surface area contributed by atoms with Crippen LogP contribution in [0.5, 0.6) is 11.5 Å². The van der Waals surface area contributed by atoms with E-state index in [4.69, 9.17) is 15.2 Å². The van der Waals surface area contributed by atoms with E-state index in [-0.39, 0.29) is 0 Å². The summed E-state index contributed by atoms with van der Waals surface area (Å²) in [5.41, 5.74) is 6.42. The monoisotopic (exact) mass is 279 g/mol. The number of benzene rings is 1. The van der Waals surface area contributed by atoms with Crippen LogP contribution < -0.4 is 15.2 Å². The summed E-state index contributed by atoms with van der Waals surface area (Å²) in [6, 6.07) is 5.52. The van der Waals surface area contributed by atoms with Gasteiger partial charge in [-0.1, -0.05) is 23.9 Å². The summed E-state index contributed by atoms with van der Waals surface area (Å²) in [5, 5.41) is 8.18. The quantitative estimate of drug-likeness (QED) is 0.375. The Morgan fingerprint density at radius 1 is 1.42 bits per heavy atom. The van der Waals surface area contributed by atoms with Crippen molar-refractivity contribution in [2.45, 2.75) is 0 Å². The van der Waals surface area contributed by atoms with Gasteiger partial charge in [0.2, 0.25) is 0 Å². The highest BCUT2D eigenvalue weighted by Crippen LogP contribution is 2.29. The number of ether oxygens (including phenoxy) is 2. The van der Waals surface area contributed by atoms with Crippen LogP contribution >= 0.6 is 11.8 Å².